The van der Waals surface area contributed by atoms with E-state index in [4.69, 9.17) is 14.2 Å². The van der Waals surface area contributed by atoms with Gasteiger partial charge in [-0.25, -0.2) is 0 Å². The van der Waals surface area contributed by atoms with Crippen LogP contribution in [0.2, 0.25) is 0 Å². The largest absolute Gasteiger partial charge is 0.502 e. The first-order chi connectivity index (χ1) is 8.27. The van der Waals surface area contributed by atoms with E-state index in [2.05, 4.69) is 29.7 Å². The van der Waals surface area contributed by atoms with Crippen LogP contribution in [-0.2, 0) is 14.2 Å². The van der Waals surface area contributed by atoms with Crippen molar-refractivity contribution in [3.05, 3.63) is 12.8 Å². The van der Waals surface area contributed by atoms with Crippen LogP contribution in [0.15, 0.2) is 12.8 Å². The molecule has 0 spiro atoms. The molecule has 18 heavy (non-hydrogen) atoms. The number of hydrogen-bond acceptors (Lipinski definition) is 3. The molecule has 0 aromatic carbocycles. The van der Waals surface area contributed by atoms with Gasteiger partial charge < -0.3 is 14.2 Å². The number of hydrogen-bond donors (Lipinski definition) is 0. The van der Waals surface area contributed by atoms with E-state index < -0.39 is 0 Å². The average Bonchev–Trinajstić information content (AvgIpc) is 2.21. The van der Waals surface area contributed by atoms with Gasteiger partial charge in [-0.2, -0.15) is 0 Å². The van der Waals surface area contributed by atoms with Crippen LogP contribution in [0, 0.1) is 0 Å². The van der Waals surface area contributed by atoms with Gasteiger partial charge >= 0.3 is 0 Å². The van der Waals surface area contributed by atoms with Crippen molar-refractivity contribution in [1.82, 2.24) is 0 Å². The highest BCUT2D eigenvalue weighted by molar-refractivity contribution is 7.18. The summed E-state index contributed by atoms with van der Waals surface area (Å²) in [6, 6.07) is 0. The van der Waals surface area contributed by atoms with Crippen molar-refractivity contribution in [2.75, 3.05) is 19.8 Å². The Morgan fingerprint density at radius 1 is 1.00 bits per heavy atom. The highest BCUT2D eigenvalue weighted by atomic mass is 31.0. The van der Waals surface area contributed by atoms with Crippen molar-refractivity contribution in [3.8, 4) is 0 Å². The standard InChI is InChI=1S/C14H29O3P/c1-6-15-10-7-8-11-16-13(2,3)9-12-17-14(4,5)18/h6H,1,7-12,18H2,2-5H3. The molecule has 0 aliphatic rings. The molecule has 1 atom stereocenters. The molecule has 0 fully saturated rings. The highest BCUT2D eigenvalue weighted by Gasteiger charge is 2.19. The van der Waals surface area contributed by atoms with E-state index in [0.717, 1.165) is 32.5 Å². The summed E-state index contributed by atoms with van der Waals surface area (Å²) in [6.07, 6.45) is 4.38. The molecule has 0 aliphatic heterocycles. The molecule has 0 rings (SSSR count). The van der Waals surface area contributed by atoms with Crippen LogP contribution in [0.1, 0.15) is 47.0 Å². The monoisotopic (exact) mass is 276 g/mol. The minimum absolute atomic E-state index is 0.130. The van der Waals surface area contributed by atoms with Crippen LogP contribution in [0.4, 0.5) is 0 Å². The molecule has 0 aromatic rings. The number of rotatable bonds is 11. The zero-order chi connectivity index (χ0) is 14.1. The Labute approximate surface area is 114 Å². The first kappa shape index (κ1) is 17.9. The predicted octanol–water partition coefficient (Wildman–Crippen LogP) is 3.74. The second kappa shape index (κ2) is 8.90. The van der Waals surface area contributed by atoms with E-state index in [9.17, 15) is 0 Å². The second-order valence-corrected chi connectivity index (χ2v) is 6.95. The zero-order valence-electron chi connectivity index (χ0n) is 12.3. The molecule has 4 heteroatoms. The van der Waals surface area contributed by atoms with E-state index in [-0.39, 0.29) is 10.9 Å². The minimum Gasteiger partial charge on any atom is -0.502 e. The van der Waals surface area contributed by atoms with E-state index in [0.29, 0.717) is 6.61 Å². The first-order valence-electron chi connectivity index (χ1n) is 6.56. The summed E-state index contributed by atoms with van der Waals surface area (Å²) in [5.41, 5.74) is -0.130. The lowest BCUT2D eigenvalue weighted by Crippen LogP contribution is -2.28. The van der Waals surface area contributed by atoms with E-state index >= 15 is 0 Å². The van der Waals surface area contributed by atoms with Crippen molar-refractivity contribution < 1.29 is 14.2 Å². The summed E-state index contributed by atoms with van der Waals surface area (Å²) < 4.78 is 16.6. The predicted molar refractivity (Wildman–Crippen MR) is 79.8 cm³/mol. The SMILES string of the molecule is C=COCCCCOC(C)(C)CCOC(C)(C)P. The summed E-state index contributed by atoms with van der Waals surface area (Å²) in [5.74, 6) is 0. The Kier molecular flexibility index (Phi) is 8.85. The Hall–Kier alpha value is -0.110. The maximum atomic E-state index is 5.86. The van der Waals surface area contributed by atoms with Gasteiger partial charge in [-0.3, -0.25) is 0 Å². The lowest BCUT2D eigenvalue weighted by Gasteiger charge is -2.27. The van der Waals surface area contributed by atoms with Gasteiger partial charge in [-0.15, -0.1) is 9.24 Å². The summed E-state index contributed by atoms with van der Waals surface area (Å²) in [4.78, 5) is 0. The number of unbranched alkanes of at least 4 members (excludes halogenated alkanes) is 1. The highest BCUT2D eigenvalue weighted by Crippen LogP contribution is 2.21. The van der Waals surface area contributed by atoms with E-state index in [1.54, 1.807) is 0 Å². The van der Waals surface area contributed by atoms with Crippen LogP contribution in [0.3, 0.4) is 0 Å². The topological polar surface area (TPSA) is 27.7 Å². The maximum Gasteiger partial charge on any atom is 0.0873 e. The van der Waals surface area contributed by atoms with Crippen LogP contribution in [-0.4, -0.2) is 30.8 Å². The molecule has 0 saturated heterocycles. The fourth-order valence-electron chi connectivity index (χ4n) is 1.35. The van der Waals surface area contributed by atoms with Crippen LogP contribution in [0.5, 0.6) is 0 Å². The molecule has 0 saturated carbocycles. The van der Waals surface area contributed by atoms with Gasteiger partial charge in [0.1, 0.15) is 0 Å². The Morgan fingerprint density at radius 3 is 2.17 bits per heavy atom. The molecule has 0 N–H and O–H groups in total. The third kappa shape index (κ3) is 12.3. The summed E-state index contributed by atoms with van der Waals surface area (Å²) in [7, 11) is 2.68. The molecule has 0 aliphatic carbocycles. The quantitative estimate of drug-likeness (QED) is 0.327. The molecule has 0 aromatic heterocycles. The fraction of sp³-hybridized carbons (Fsp3) is 0.857. The summed E-state index contributed by atoms with van der Waals surface area (Å²) >= 11 is 0. The second-order valence-electron chi connectivity index (χ2n) is 5.55. The van der Waals surface area contributed by atoms with Crippen molar-refractivity contribution in [2.45, 2.75) is 57.9 Å². The van der Waals surface area contributed by atoms with Crippen LogP contribution >= 0.6 is 9.24 Å². The smallest absolute Gasteiger partial charge is 0.0873 e. The molecule has 1 unspecified atom stereocenters. The maximum absolute atomic E-state index is 5.86. The van der Waals surface area contributed by atoms with Gasteiger partial charge in [0.05, 0.1) is 30.4 Å². The lowest BCUT2D eigenvalue weighted by atomic mass is 10.1. The van der Waals surface area contributed by atoms with Crippen molar-refractivity contribution >= 4 is 9.24 Å². The molecule has 108 valence electrons. The van der Waals surface area contributed by atoms with Gasteiger partial charge in [0, 0.05) is 6.61 Å². The molecular weight excluding hydrogens is 247 g/mol. The minimum atomic E-state index is -0.155. The molecule has 0 bridgehead atoms. The van der Waals surface area contributed by atoms with Crippen molar-refractivity contribution in [2.24, 2.45) is 0 Å². The molecule has 0 heterocycles. The van der Waals surface area contributed by atoms with Crippen molar-refractivity contribution in [3.63, 3.8) is 0 Å². The lowest BCUT2D eigenvalue weighted by molar-refractivity contribution is -0.0535. The first-order valence-corrected chi connectivity index (χ1v) is 7.14. The van der Waals surface area contributed by atoms with Gasteiger partial charge in [0.15, 0.2) is 0 Å². The third-order valence-corrected chi connectivity index (χ3v) is 2.61. The van der Waals surface area contributed by atoms with Gasteiger partial charge in [-0.05, 0) is 47.0 Å². The van der Waals surface area contributed by atoms with Crippen LogP contribution in [0.25, 0.3) is 0 Å². The third-order valence-electron chi connectivity index (χ3n) is 2.45. The van der Waals surface area contributed by atoms with E-state index in [1.165, 1.54) is 6.26 Å². The van der Waals surface area contributed by atoms with Gasteiger partial charge in [0.2, 0.25) is 0 Å². The summed E-state index contributed by atoms with van der Waals surface area (Å²) in [5, 5.41) is -0.155. The summed E-state index contributed by atoms with van der Waals surface area (Å²) in [6.45, 7) is 14.0. The molecular formula is C14H29O3P. The Bertz CT molecular complexity index is 222. The van der Waals surface area contributed by atoms with Gasteiger partial charge in [0.25, 0.3) is 0 Å². The van der Waals surface area contributed by atoms with Crippen molar-refractivity contribution in [1.29, 1.82) is 0 Å². The Morgan fingerprint density at radius 2 is 1.61 bits per heavy atom. The van der Waals surface area contributed by atoms with Crippen LogP contribution < -0.4 is 0 Å². The Balaban J connectivity index is 3.57. The molecule has 3 nitrogen and oxygen atoms in total. The fourth-order valence-corrected chi connectivity index (χ4v) is 1.47. The average molecular weight is 276 g/mol. The molecule has 0 amide bonds. The van der Waals surface area contributed by atoms with Gasteiger partial charge in [-0.1, -0.05) is 6.58 Å². The normalized spacial score (nSPS) is 12.5. The molecule has 0 radical (unpaired) electrons. The number of ether oxygens (including phenoxy) is 3. The van der Waals surface area contributed by atoms with E-state index in [1.807, 2.05) is 13.8 Å². The zero-order valence-corrected chi connectivity index (χ0v) is 13.5.